The zero-order valence-corrected chi connectivity index (χ0v) is 11.2. The molecule has 0 amide bonds. The lowest BCUT2D eigenvalue weighted by Crippen LogP contribution is -2.31. The average molecular weight is 248 g/mol. The van der Waals surface area contributed by atoms with Crippen LogP contribution in [0.4, 0.5) is 0 Å². The Balaban J connectivity index is 2.46. The molecule has 0 heterocycles. The minimum atomic E-state index is -0.101. The maximum absolute atomic E-state index is 8.78. The van der Waals surface area contributed by atoms with E-state index < -0.39 is 0 Å². The zero-order valence-electron chi connectivity index (χ0n) is 11.2. The molecule has 1 aromatic rings. The number of hydrogen-bond donors (Lipinski definition) is 0. The van der Waals surface area contributed by atoms with Crippen LogP contribution >= 0.6 is 0 Å². The van der Waals surface area contributed by atoms with Crippen LogP contribution in [-0.2, 0) is 0 Å². The fourth-order valence-electron chi connectivity index (χ4n) is 1.44. The number of nitriles is 1. The lowest BCUT2D eigenvalue weighted by atomic mass is 10.3. The van der Waals surface area contributed by atoms with E-state index in [1.165, 1.54) is 0 Å². The van der Waals surface area contributed by atoms with Gasteiger partial charge in [-0.05, 0) is 33.0 Å². The smallest absolute Gasteiger partial charge is 0.161 e. The molecule has 0 aromatic heterocycles. The van der Waals surface area contributed by atoms with E-state index in [1.807, 2.05) is 50.1 Å². The van der Waals surface area contributed by atoms with Gasteiger partial charge in [0.15, 0.2) is 11.5 Å². The highest BCUT2D eigenvalue weighted by atomic mass is 16.5. The molecular weight excluding hydrogens is 228 g/mol. The molecule has 1 rings (SSSR count). The van der Waals surface area contributed by atoms with Gasteiger partial charge in [0.05, 0.1) is 18.7 Å². The normalized spacial score (nSPS) is 11.9. The van der Waals surface area contributed by atoms with Crippen LogP contribution in [0, 0.1) is 11.3 Å². The summed E-state index contributed by atoms with van der Waals surface area (Å²) in [7, 11) is 1.91. The Morgan fingerprint density at radius 1 is 1.28 bits per heavy atom. The van der Waals surface area contributed by atoms with E-state index in [2.05, 4.69) is 6.07 Å². The van der Waals surface area contributed by atoms with Crippen molar-refractivity contribution >= 4 is 0 Å². The van der Waals surface area contributed by atoms with Gasteiger partial charge >= 0.3 is 0 Å². The van der Waals surface area contributed by atoms with Gasteiger partial charge in [-0.1, -0.05) is 12.1 Å². The van der Waals surface area contributed by atoms with Gasteiger partial charge in [-0.3, -0.25) is 4.90 Å². The van der Waals surface area contributed by atoms with E-state index in [4.69, 9.17) is 14.7 Å². The summed E-state index contributed by atoms with van der Waals surface area (Å²) in [5.41, 5.74) is 0. The highest BCUT2D eigenvalue weighted by Gasteiger charge is 2.08. The summed E-state index contributed by atoms with van der Waals surface area (Å²) < 4.78 is 11.2. The first-order chi connectivity index (χ1) is 8.69. The summed E-state index contributed by atoms with van der Waals surface area (Å²) in [4.78, 5) is 1.95. The number of benzene rings is 1. The van der Waals surface area contributed by atoms with Gasteiger partial charge in [-0.2, -0.15) is 5.26 Å². The van der Waals surface area contributed by atoms with Gasteiger partial charge in [0.2, 0.25) is 0 Å². The van der Waals surface area contributed by atoms with Crippen molar-refractivity contribution < 1.29 is 9.47 Å². The Labute approximate surface area is 109 Å². The molecule has 0 aliphatic carbocycles. The molecule has 1 unspecified atom stereocenters. The summed E-state index contributed by atoms with van der Waals surface area (Å²) in [5, 5.41) is 8.78. The molecule has 4 nitrogen and oxygen atoms in total. The van der Waals surface area contributed by atoms with Crippen LogP contribution in [0.3, 0.4) is 0 Å². The molecule has 0 N–H and O–H groups in total. The van der Waals surface area contributed by atoms with E-state index in [0.29, 0.717) is 19.8 Å². The van der Waals surface area contributed by atoms with E-state index in [-0.39, 0.29) is 6.04 Å². The standard InChI is InChI=1S/C14H20N2O2/c1-4-17-13-7-5-6-8-14(13)18-10-9-16(3)12(2)11-15/h5-8,12H,4,9-10H2,1-3H3. The third kappa shape index (κ3) is 4.27. The second-order valence-electron chi connectivity index (χ2n) is 4.01. The summed E-state index contributed by atoms with van der Waals surface area (Å²) in [6, 6.07) is 9.70. The predicted octanol–water partition coefficient (Wildman–Crippen LogP) is 2.31. The van der Waals surface area contributed by atoms with Crippen LogP contribution in [-0.4, -0.2) is 37.7 Å². The van der Waals surface area contributed by atoms with Crippen LogP contribution in [0.1, 0.15) is 13.8 Å². The molecule has 1 atom stereocenters. The summed E-state index contributed by atoms with van der Waals surface area (Å²) >= 11 is 0. The molecule has 0 spiro atoms. The fourth-order valence-corrected chi connectivity index (χ4v) is 1.44. The summed E-state index contributed by atoms with van der Waals surface area (Å²) in [6.07, 6.45) is 0. The summed E-state index contributed by atoms with van der Waals surface area (Å²) in [5.74, 6) is 1.51. The molecular formula is C14H20N2O2. The van der Waals surface area contributed by atoms with Gasteiger partial charge in [0.1, 0.15) is 6.61 Å². The van der Waals surface area contributed by atoms with Gasteiger partial charge in [-0.15, -0.1) is 0 Å². The molecule has 0 aliphatic heterocycles. The van der Waals surface area contributed by atoms with Gasteiger partial charge in [0, 0.05) is 6.54 Å². The molecule has 98 valence electrons. The molecule has 4 heteroatoms. The highest BCUT2D eigenvalue weighted by Crippen LogP contribution is 2.26. The van der Waals surface area contributed by atoms with Crippen LogP contribution in [0.25, 0.3) is 0 Å². The van der Waals surface area contributed by atoms with Crippen molar-refractivity contribution in [3.8, 4) is 17.6 Å². The third-order valence-electron chi connectivity index (χ3n) is 2.70. The van der Waals surface area contributed by atoms with E-state index in [0.717, 1.165) is 11.5 Å². The van der Waals surface area contributed by atoms with Crippen LogP contribution in [0.2, 0.25) is 0 Å². The molecule has 0 radical (unpaired) electrons. The quantitative estimate of drug-likeness (QED) is 0.743. The van der Waals surface area contributed by atoms with Crippen molar-refractivity contribution in [2.24, 2.45) is 0 Å². The first kappa shape index (κ1) is 14.3. The number of para-hydroxylation sites is 2. The largest absolute Gasteiger partial charge is 0.490 e. The van der Waals surface area contributed by atoms with Gasteiger partial charge < -0.3 is 9.47 Å². The van der Waals surface area contributed by atoms with E-state index in [1.54, 1.807) is 0 Å². The Kier molecular flexibility index (Phi) is 6.03. The molecule has 0 bridgehead atoms. The Bertz CT molecular complexity index is 401. The second-order valence-corrected chi connectivity index (χ2v) is 4.01. The first-order valence-corrected chi connectivity index (χ1v) is 6.13. The highest BCUT2D eigenvalue weighted by molar-refractivity contribution is 5.39. The maximum atomic E-state index is 8.78. The number of ether oxygens (including phenoxy) is 2. The van der Waals surface area contributed by atoms with Gasteiger partial charge in [0.25, 0.3) is 0 Å². The number of hydrogen-bond acceptors (Lipinski definition) is 4. The van der Waals surface area contributed by atoms with E-state index >= 15 is 0 Å². The van der Waals surface area contributed by atoms with E-state index in [9.17, 15) is 0 Å². The number of rotatable bonds is 7. The topological polar surface area (TPSA) is 45.5 Å². The van der Waals surface area contributed by atoms with Crippen molar-refractivity contribution in [1.29, 1.82) is 5.26 Å². The average Bonchev–Trinajstić information content (AvgIpc) is 2.40. The number of likely N-dealkylation sites (N-methyl/N-ethyl adjacent to an activating group) is 1. The third-order valence-corrected chi connectivity index (χ3v) is 2.70. The monoisotopic (exact) mass is 248 g/mol. The maximum Gasteiger partial charge on any atom is 0.161 e. The SMILES string of the molecule is CCOc1ccccc1OCCN(C)C(C)C#N. The van der Waals surface area contributed by atoms with Crippen LogP contribution < -0.4 is 9.47 Å². The van der Waals surface area contributed by atoms with Crippen molar-refractivity contribution in [1.82, 2.24) is 4.90 Å². The van der Waals surface area contributed by atoms with Crippen molar-refractivity contribution in [3.63, 3.8) is 0 Å². The van der Waals surface area contributed by atoms with Gasteiger partial charge in [-0.25, -0.2) is 0 Å². The fraction of sp³-hybridized carbons (Fsp3) is 0.500. The van der Waals surface area contributed by atoms with Crippen molar-refractivity contribution in [2.45, 2.75) is 19.9 Å². The minimum absolute atomic E-state index is 0.101. The van der Waals surface area contributed by atoms with Crippen LogP contribution in [0.5, 0.6) is 11.5 Å². The van der Waals surface area contributed by atoms with Crippen molar-refractivity contribution in [3.05, 3.63) is 24.3 Å². The minimum Gasteiger partial charge on any atom is -0.490 e. The van der Waals surface area contributed by atoms with Crippen molar-refractivity contribution in [2.75, 3.05) is 26.8 Å². The zero-order chi connectivity index (χ0) is 13.4. The Morgan fingerprint density at radius 3 is 2.44 bits per heavy atom. The Morgan fingerprint density at radius 2 is 1.89 bits per heavy atom. The molecule has 0 saturated heterocycles. The first-order valence-electron chi connectivity index (χ1n) is 6.13. The second kappa shape index (κ2) is 7.57. The van der Waals surface area contributed by atoms with Crippen LogP contribution in [0.15, 0.2) is 24.3 Å². The molecule has 1 aromatic carbocycles. The molecule has 0 saturated carbocycles. The Hall–Kier alpha value is -1.73. The predicted molar refractivity (Wildman–Crippen MR) is 70.8 cm³/mol. The molecule has 0 aliphatic rings. The summed E-state index contributed by atoms with van der Waals surface area (Å²) in [6.45, 7) is 5.67. The molecule has 18 heavy (non-hydrogen) atoms. The number of nitrogens with zero attached hydrogens (tertiary/aromatic N) is 2. The lowest BCUT2D eigenvalue weighted by Gasteiger charge is -2.19. The molecule has 0 fully saturated rings. The lowest BCUT2D eigenvalue weighted by molar-refractivity contribution is 0.214.